The van der Waals surface area contributed by atoms with Crippen molar-refractivity contribution >= 4 is 5.91 Å². The van der Waals surface area contributed by atoms with E-state index in [9.17, 15) is 4.79 Å². The summed E-state index contributed by atoms with van der Waals surface area (Å²) in [5.74, 6) is -0.0271. The highest BCUT2D eigenvalue weighted by atomic mass is 16.2. The number of carbonyl (C=O) groups excluding carboxylic acids is 1. The molecule has 1 amide bonds. The number of hydrogen-bond donors (Lipinski definition) is 0. The number of aryl methyl sites for hydroxylation is 1. The van der Waals surface area contributed by atoms with Crippen molar-refractivity contribution in [3.05, 3.63) is 65.0 Å². The summed E-state index contributed by atoms with van der Waals surface area (Å²) >= 11 is 0. The third-order valence-electron chi connectivity index (χ3n) is 4.92. The van der Waals surface area contributed by atoms with Gasteiger partial charge in [0.2, 0.25) is 0 Å². The van der Waals surface area contributed by atoms with Crippen molar-refractivity contribution in [3.63, 3.8) is 0 Å². The maximum atomic E-state index is 12.8. The third kappa shape index (κ3) is 3.49. The van der Waals surface area contributed by atoms with E-state index in [1.54, 1.807) is 11.1 Å². The highest BCUT2D eigenvalue weighted by Gasteiger charge is 2.24. The van der Waals surface area contributed by atoms with E-state index in [1.807, 2.05) is 31.3 Å². The molecule has 4 heteroatoms. The zero-order valence-electron chi connectivity index (χ0n) is 14.7. The Morgan fingerprint density at radius 1 is 1.33 bits per heavy atom. The van der Waals surface area contributed by atoms with Crippen LogP contribution in [0.1, 0.15) is 46.1 Å². The number of rotatable bonds is 4. The smallest absolute Gasteiger partial charge is 0.272 e. The van der Waals surface area contributed by atoms with Gasteiger partial charge in [0, 0.05) is 25.8 Å². The molecule has 1 fully saturated rings. The molecule has 0 radical (unpaired) electrons. The topological polar surface area (TPSA) is 36.4 Å². The molecular formula is C20H25N3O. The normalized spacial score (nSPS) is 17.9. The van der Waals surface area contributed by atoms with Gasteiger partial charge in [0.25, 0.3) is 5.91 Å². The van der Waals surface area contributed by atoms with Gasteiger partial charge in [-0.1, -0.05) is 24.3 Å². The van der Waals surface area contributed by atoms with E-state index in [4.69, 9.17) is 0 Å². The third-order valence-corrected chi connectivity index (χ3v) is 4.92. The Labute approximate surface area is 144 Å². The van der Waals surface area contributed by atoms with E-state index >= 15 is 0 Å². The molecule has 2 aromatic rings. The van der Waals surface area contributed by atoms with Gasteiger partial charge in [-0.3, -0.25) is 14.7 Å². The van der Waals surface area contributed by atoms with E-state index in [2.05, 4.69) is 36.0 Å². The van der Waals surface area contributed by atoms with Gasteiger partial charge < -0.3 is 4.90 Å². The predicted molar refractivity (Wildman–Crippen MR) is 95.8 cm³/mol. The zero-order valence-corrected chi connectivity index (χ0v) is 14.7. The molecule has 1 atom stereocenters. The van der Waals surface area contributed by atoms with Crippen molar-refractivity contribution in [3.8, 4) is 0 Å². The van der Waals surface area contributed by atoms with E-state index in [1.165, 1.54) is 23.1 Å². The van der Waals surface area contributed by atoms with Gasteiger partial charge >= 0.3 is 0 Å². The van der Waals surface area contributed by atoms with Gasteiger partial charge in [-0.25, -0.2) is 0 Å². The lowest BCUT2D eigenvalue weighted by atomic mass is 10.0. The number of benzene rings is 1. The van der Waals surface area contributed by atoms with Crippen LogP contribution in [-0.2, 0) is 6.54 Å². The largest absolute Gasteiger partial charge is 0.336 e. The lowest BCUT2D eigenvalue weighted by molar-refractivity contribution is 0.0779. The van der Waals surface area contributed by atoms with Gasteiger partial charge in [0.05, 0.1) is 0 Å². The van der Waals surface area contributed by atoms with Gasteiger partial charge in [0.1, 0.15) is 5.69 Å². The standard InChI is InChI=1S/C20H25N3O/c1-15-7-4-5-8-17(15)14-23(3)20(24)18-13-16(10-11-21-18)19-9-6-12-22(19)2/h4-5,7-8,10-11,13,19H,6,9,12,14H2,1-3H3. The molecule has 1 aliphatic heterocycles. The molecular weight excluding hydrogens is 298 g/mol. The second-order valence-electron chi connectivity index (χ2n) is 6.70. The van der Waals surface area contributed by atoms with Crippen LogP contribution in [0.25, 0.3) is 0 Å². The van der Waals surface area contributed by atoms with Crippen LogP contribution in [-0.4, -0.2) is 41.3 Å². The van der Waals surface area contributed by atoms with Crippen LogP contribution in [0, 0.1) is 6.92 Å². The molecule has 0 spiro atoms. The number of pyridine rings is 1. The van der Waals surface area contributed by atoms with Crippen molar-refractivity contribution in [1.29, 1.82) is 0 Å². The molecule has 126 valence electrons. The summed E-state index contributed by atoms with van der Waals surface area (Å²) in [7, 11) is 3.98. The predicted octanol–water partition coefficient (Wildman–Crippen LogP) is 3.43. The van der Waals surface area contributed by atoms with E-state index < -0.39 is 0 Å². The minimum Gasteiger partial charge on any atom is -0.336 e. The van der Waals surface area contributed by atoms with Crippen molar-refractivity contribution in [2.24, 2.45) is 0 Å². The molecule has 1 aromatic heterocycles. The Bertz CT molecular complexity index is 728. The fraction of sp³-hybridized carbons (Fsp3) is 0.400. The van der Waals surface area contributed by atoms with Crippen LogP contribution in [0.15, 0.2) is 42.6 Å². The molecule has 0 bridgehead atoms. The number of hydrogen-bond acceptors (Lipinski definition) is 3. The summed E-state index contributed by atoms with van der Waals surface area (Å²) in [5.41, 5.74) is 4.09. The molecule has 24 heavy (non-hydrogen) atoms. The van der Waals surface area contributed by atoms with Gasteiger partial charge in [-0.05, 0) is 62.2 Å². The Morgan fingerprint density at radius 3 is 2.83 bits per heavy atom. The van der Waals surface area contributed by atoms with Crippen LogP contribution in [0.2, 0.25) is 0 Å². The SMILES string of the molecule is Cc1ccccc1CN(C)C(=O)c1cc(C2CCCN2C)ccn1. The van der Waals surface area contributed by atoms with Crippen molar-refractivity contribution in [2.75, 3.05) is 20.6 Å². The zero-order chi connectivity index (χ0) is 17.1. The number of aromatic nitrogens is 1. The fourth-order valence-corrected chi connectivity index (χ4v) is 3.41. The fourth-order valence-electron chi connectivity index (χ4n) is 3.41. The number of nitrogens with zero attached hydrogens (tertiary/aromatic N) is 3. The molecule has 1 unspecified atom stereocenters. The molecule has 3 rings (SSSR count). The molecule has 4 nitrogen and oxygen atoms in total. The molecule has 1 saturated heterocycles. The van der Waals surface area contributed by atoms with Crippen molar-refractivity contribution in [2.45, 2.75) is 32.4 Å². The van der Waals surface area contributed by atoms with E-state index in [-0.39, 0.29) is 5.91 Å². The molecule has 1 aromatic carbocycles. The first-order valence-electron chi connectivity index (χ1n) is 8.52. The monoisotopic (exact) mass is 323 g/mol. The summed E-state index contributed by atoms with van der Waals surface area (Å²) in [5, 5.41) is 0. The van der Waals surface area contributed by atoms with Crippen LogP contribution in [0.3, 0.4) is 0 Å². The highest BCUT2D eigenvalue weighted by Crippen LogP contribution is 2.30. The Morgan fingerprint density at radius 2 is 2.12 bits per heavy atom. The van der Waals surface area contributed by atoms with E-state index in [0.717, 1.165) is 13.0 Å². The molecule has 0 aliphatic carbocycles. The van der Waals surface area contributed by atoms with Gasteiger partial charge in [-0.2, -0.15) is 0 Å². The Hall–Kier alpha value is -2.20. The average molecular weight is 323 g/mol. The minimum atomic E-state index is -0.0271. The second-order valence-corrected chi connectivity index (χ2v) is 6.70. The van der Waals surface area contributed by atoms with Crippen LogP contribution in [0.5, 0.6) is 0 Å². The van der Waals surface area contributed by atoms with Crippen molar-refractivity contribution < 1.29 is 4.79 Å². The molecule has 0 saturated carbocycles. The summed E-state index contributed by atoms with van der Waals surface area (Å²) in [4.78, 5) is 21.2. The maximum Gasteiger partial charge on any atom is 0.272 e. The first-order valence-corrected chi connectivity index (χ1v) is 8.52. The second kappa shape index (κ2) is 7.14. The highest BCUT2D eigenvalue weighted by molar-refractivity contribution is 5.92. The molecule has 2 heterocycles. The minimum absolute atomic E-state index is 0.0271. The number of carbonyl (C=O) groups is 1. The lowest BCUT2D eigenvalue weighted by Crippen LogP contribution is -2.27. The summed E-state index contributed by atoms with van der Waals surface area (Å²) < 4.78 is 0. The Kier molecular flexibility index (Phi) is 4.95. The number of likely N-dealkylation sites (tertiary alicyclic amines) is 1. The van der Waals surface area contributed by atoms with Crippen molar-refractivity contribution in [1.82, 2.24) is 14.8 Å². The van der Waals surface area contributed by atoms with Gasteiger partial charge in [-0.15, -0.1) is 0 Å². The summed E-state index contributed by atoms with van der Waals surface area (Å²) in [6.07, 6.45) is 4.11. The number of amides is 1. The summed E-state index contributed by atoms with van der Waals surface area (Å²) in [6, 6.07) is 12.6. The quantitative estimate of drug-likeness (QED) is 0.865. The Balaban J connectivity index is 1.76. The first-order chi connectivity index (χ1) is 11.6. The lowest BCUT2D eigenvalue weighted by Gasteiger charge is -2.21. The molecule has 1 aliphatic rings. The van der Waals surface area contributed by atoms with Gasteiger partial charge in [0.15, 0.2) is 0 Å². The first kappa shape index (κ1) is 16.7. The van der Waals surface area contributed by atoms with Crippen LogP contribution < -0.4 is 0 Å². The summed E-state index contributed by atoms with van der Waals surface area (Å²) in [6.45, 7) is 3.78. The average Bonchev–Trinajstić information content (AvgIpc) is 3.02. The van der Waals surface area contributed by atoms with E-state index in [0.29, 0.717) is 18.3 Å². The maximum absolute atomic E-state index is 12.8. The molecule has 0 N–H and O–H groups in total. The van der Waals surface area contributed by atoms with Crippen LogP contribution >= 0.6 is 0 Å². The van der Waals surface area contributed by atoms with Crippen LogP contribution in [0.4, 0.5) is 0 Å².